The van der Waals surface area contributed by atoms with Crippen LogP contribution in [0.2, 0.25) is 0 Å². The number of nitrogens with zero attached hydrogens (tertiary/aromatic N) is 1. The summed E-state index contributed by atoms with van der Waals surface area (Å²) in [5, 5.41) is 3.09. The summed E-state index contributed by atoms with van der Waals surface area (Å²) in [5.41, 5.74) is 3.90. The standard InChI is InChI=1S/C36H39N3O4S/c40-35(23-18-29-16-21-33(22-17-29)44(42,43)38-32-19-20-32)39(27-31-14-8-3-9-15-31)34(26-30-12-6-2-7-13-30)36(41)37-25-24-28-10-4-1-5-11-28/h1-17,21-22,32,34,38H,18-20,23-27H2,(H,37,41)/t34-/m0/s1. The van der Waals surface area contributed by atoms with Gasteiger partial charge in [0.2, 0.25) is 21.8 Å². The summed E-state index contributed by atoms with van der Waals surface area (Å²) < 4.78 is 27.8. The molecule has 228 valence electrons. The van der Waals surface area contributed by atoms with E-state index in [0.29, 0.717) is 32.4 Å². The molecule has 1 aliphatic rings. The number of carbonyl (C=O) groups excluding carboxylic acids is 2. The van der Waals surface area contributed by atoms with Crippen molar-refractivity contribution in [2.45, 2.75) is 62.0 Å². The largest absolute Gasteiger partial charge is 0.354 e. The van der Waals surface area contributed by atoms with Gasteiger partial charge in [0.15, 0.2) is 0 Å². The van der Waals surface area contributed by atoms with Crippen LogP contribution in [0.4, 0.5) is 0 Å². The van der Waals surface area contributed by atoms with Crippen LogP contribution in [0, 0.1) is 0 Å². The summed E-state index contributed by atoms with van der Waals surface area (Å²) in [5.74, 6) is -0.327. The van der Waals surface area contributed by atoms with Gasteiger partial charge < -0.3 is 10.2 Å². The number of nitrogens with one attached hydrogen (secondary N) is 2. The Balaban J connectivity index is 1.32. The van der Waals surface area contributed by atoms with Crippen LogP contribution >= 0.6 is 0 Å². The van der Waals surface area contributed by atoms with Gasteiger partial charge in [-0.25, -0.2) is 13.1 Å². The third-order valence-electron chi connectivity index (χ3n) is 7.78. The van der Waals surface area contributed by atoms with Crippen LogP contribution < -0.4 is 10.0 Å². The Bertz CT molecular complexity index is 1610. The summed E-state index contributed by atoms with van der Waals surface area (Å²) in [6.07, 6.45) is 3.43. The van der Waals surface area contributed by atoms with Gasteiger partial charge in [0.1, 0.15) is 6.04 Å². The van der Waals surface area contributed by atoms with Gasteiger partial charge in [-0.15, -0.1) is 0 Å². The molecule has 1 saturated carbocycles. The van der Waals surface area contributed by atoms with Crippen molar-refractivity contribution in [1.29, 1.82) is 0 Å². The van der Waals surface area contributed by atoms with Gasteiger partial charge in [-0.2, -0.15) is 0 Å². The van der Waals surface area contributed by atoms with Crippen molar-refractivity contribution in [2.75, 3.05) is 6.54 Å². The number of rotatable bonds is 15. The lowest BCUT2D eigenvalue weighted by molar-refractivity contribution is -0.141. The first-order valence-electron chi connectivity index (χ1n) is 15.2. The molecule has 2 amide bonds. The van der Waals surface area contributed by atoms with E-state index in [0.717, 1.165) is 35.1 Å². The smallest absolute Gasteiger partial charge is 0.243 e. The van der Waals surface area contributed by atoms with E-state index in [-0.39, 0.29) is 29.2 Å². The van der Waals surface area contributed by atoms with E-state index in [4.69, 9.17) is 0 Å². The summed E-state index contributed by atoms with van der Waals surface area (Å²) >= 11 is 0. The highest BCUT2D eigenvalue weighted by atomic mass is 32.2. The molecule has 4 aromatic rings. The molecule has 2 N–H and O–H groups in total. The summed E-state index contributed by atoms with van der Waals surface area (Å²) in [6.45, 7) is 0.764. The zero-order chi connectivity index (χ0) is 30.8. The second-order valence-corrected chi connectivity index (χ2v) is 13.0. The molecule has 0 saturated heterocycles. The van der Waals surface area contributed by atoms with E-state index in [2.05, 4.69) is 10.0 Å². The predicted molar refractivity (Wildman–Crippen MR) is 172 cm³/mol. The van der Waals surface area contributed by atoms with Crippen LogP contribution in [-0.2, 0) is 45.4 Å². The molecular weight excluding hydrogens is 570 g/mol. The Morgan fingerprint density at radius 3 is 1.84 bits per heavy atom. The van der Waals surface area contributed by atoms with E-state index >= 15 is 0 Å². The Morgan fingerprint density at radius 1 is 0.705 bits per heavy atom. The fourth-order valence-corrected chi connectivity index (χ4v) is 6.45. The first-order valence-corrected chi connectivity index (χ1v) is 16.7. The molecule has 8 heteroatoms. The summed E-state index contributed by atoms with van der Waals surface area (Å²) in [6, 6.07) is 35.5. The minimum absolute atomic E-state index is 0.0345. The van der Waals surface area contributed by atoms with E-state index < -0.39 is 16.1 Å². The molecule has 4 aromatic carbocycles. The highest BCUT2D eigenvalue weighted by Crippen LogP contribution is 2.23. The predicted octanol–water partition coefficient (Wildman–Crippen LogP) is 5.06. The van der Waals surface area contributed by atoms with E-state index in [9.17, 15) is 18.0 Å². The fourth-order valence-electron chi connectivity index (χ4n) is 5.15. The number of hydrogen-bond donors (Lipinski definition) is 2. The molecule has 1 fully saturated rings. The van der Waals surface area contributed by atoms with Crippen molar-refractivity contribution < 1.29 is 18.0 Å². The molecule has 0 aliphatic heterocycles. The molecule has 0 radical (unpaired) electrons. The van der Waals surface area contributed by atoms with Crippen LogP contribution in [0.5, 0.6) is 0 Å². The minimum atomic E-state index is -3.54. The number of benzene rings is 4. The van der Waals surface area contributed by atoms with Crippen LogP contribution in [-0.4, -0.2) is 43.8 Å². The molecule has 1 aliphatic carbocycles. The molecule has 0 aromatic heterocycles. The van der Waals surface area contributed by atoms with Crippen molar-refractivity contribution in [3.05, 3.63) is 138 Å². The second kappa shape index (κ2) is 14.9. The van der Waals surface area contributed by atoms with Crippen molar-refractivity contribution >= 4 is 21.8 Å². The van der Waals surface area contributed by atoms with E-state index in [1.165, 1.54) is 0 Å². The Morgan fingerprint density at radius 2 is 1.25 bits per heavy atom. The lowest BCUT2D eigenvalue weighted by Crippen LogP contribution is -2.50. The fraction of sp³-hybridized carbons (Fsp3) is 0.278. The molecule has 0 spiro atoms. The topological polar surface area (TPSA) is 95.6 Å². The van der Waals surface area contributed by atoms with Crippen molar-refractivity contribution in [3.8, 4) is 0 Å². The zero-order valence-electron chi connectivity index (χ0n) is 24.8. The first kappa shape index (κ1) is 31.2. The molecule has 0 unspecified atom stereocenters. The molecule has 0 heterocycles. The maximum absolute atomic E-state index is 13.9. The van der Waals surface area contributed by atoms with Crippen LogP contribution in [0.25, 0.3) is 0 Å². The number of hydrogen-bond acceptors (Lipinski definition) is 4. The zero-order valence-corrected chi connectivity index (χ0v) is 25.6. The van der Waals surface area contributed by atoms with Crippen LogP contribution in [0.3, 0.4) is 0 Å². The quantitative estimate of drug-likeness (QED) is 0.197. The van der Waals surface area contributed by atoms with Gasteiger partial charge in [0, 0.05) is 32.0 Å². The number of carbonyl (C=O) groups is 2. The molecular formula is C36H39N3O4S. The first-order chi connectivity index (χ1) is 21.4. The molecule has 7 nitrogen and oxygen atoms in total. The van der Waals surface area contributed by atoms with E-state index in [1.54, 1.807) is 29.2 Å². The third kappa shape index (κ3) is 9.11. The van der Waals surface area contributed by atoms with Gasteiger partial charge in [0.05, 0.1) is 4.90 Å². The Hall–Kier alpha value is -4.27. The monoisotopic (exact) mass is 609 g/mol. The van der Waals surface area contributed by atoms with E-state index in [1.807, 2.05) is 91.0 Å². The lowest BCUT2D eigenvalue weighted by Gasteiger charge is -2.31. The highest BCUT2D eigenvalue weighted by molar-refractivity contribution is 7.89. The normalized spacial score (nSPS) is 13.6. The number of aryl methyl sites for hydroxylation is 1. The van der Waals surface area contributed by atoms with Crippen LogP contribution in [0.15, 0.2) is 120 Å². The minimum Gasteiger partial charge on any atom is -0.354 e. The second-order valence-electron chi connectivity index (χ2n) is 11.3. The van der Waals surface area contributed by atoms with Crippen molar-refractivity contribution in [1.82, 2.24) is 14.9 Å². The van der Waals surface area contributed by atoms with Gasteiger partial charge in [-0.3, -0.25) is 9.59 Å². The Labute approximate surface area is 260 Å². The van der Waals surface area contributed by atoms with Crippen LogP contribution in [0.1, 0.15) is 41.5 Å². The summed E-state index contributed by atoms with van der Waals surface area (Å²) in [7, 11) is -3.54. The van der Waals surface area contributed by atoms with Gasteiger partial charge in [-0.1, -0.05) is 103 Å². The molecule has 5 rings (SSSR count). The van der Waals surface area contributed by atoms with Crippen molar-refractivity contribution in [3.63, 3.8) is 0 Å². The highest BCUT2D eigenvalue weighted by Gasteiger charge is 2.30. The molecule has 0 bridgehead atoms. The van der Waals surface area contributed by atoms with Crippen molar-refractivity contribution in [2.24, 2.45) is 0 Å². The third-order valence-corrected chi connectivity index (χ3v) is 9.32. The van der Waals surface area contributed by atoms with Gasteiger partial charge in [0.25, 0.3) is 0 Å². The molecule has 1 atom stereocenters. The maximum atomic E-state index is 13.9. The number of amides is 2. The SMILES string of the molecule is O=C(NCCc1ccccc1)[C@H](Cc1ccccc1)N(Cc1ccccc1)C(=O)CCc1ccc(S(=O)(=O)NC2CC2)cc1. The van der Waals surface area contributed by atoms with Gasteiger partial charge in [-0.05, 0) is 60.1 Å². The van der Waals surface area contributed by atoms with Gasteiger partial charge >= 0.3 is 0 Å². The lowest BCUT2D eigenvalue weighted by atomic mass is 10.0. The average molecular weight is 610 g/mol. The molecule has 44 heavy (non-hydrogen) atoms. The maximum Gasteiger partial charge on any atom is 0.243 e. The average Bonchev–Trinajstić information content (AvgIpc) is 3.86. The summed E-state index contributed by atoms with van der Waals surface area (Å²) in [4.78, 5) is 29.7. The Kier molecular flexibility index (Phi) is 10.6. The number of sulfonamides is 1.